The molecule has 1 aromatic carbocycles. The molecule has 2 aliphatic carbocycles. The third-order valence-electron chi connectivity index (χ3n) is 5.12. The Balaban J connectivity index is 1.28. The summed E-state index contributed by atoms with van der Waals surface area (Å²) in [5.41, 5.74) is 0.907. The van der Waals surface area contributed by atoms with Crippen LogP contribution in [0.1, 0.15) is 25.7 Å². The molecule has 0 saturated heterocycles. The third-order valence-corrected chi connectivity index (χ3v) is 5.12. The zero-order valence-electron chi connectivity index (χ0n) is 13.1. The van der Waals surface area contributed by atoms with Gasteiger partial charge in [-0.05, 0) is 42.9 Å². The number of rotatable bonds is 5. The van der Waals surface area contributed by atoms with Gasteiger partial charge in [0.05, 0.1) is 11.4 Å². The molecule has 4 rings (SSSR count). The summed E-state index contributed by atoms with van der Waals surface area (Å²) < 4.78 is 11.2. The van der Waals surface area contributed by atoms with Crippen LogP contribution in [-0.2, 0) is 9.53 Å². The zero-order chi connectivity index (χ0) is 15.6. The minimum atomic E-state index is -0.0231. The normalized spacial score (nSPS) is 25.7. The van der Waals surface area contributed by atoms with E-state index in [-0.39, 0.29) is 11.9 Å². The van der Waals surface area contributed by atoms with Crippen molar-refractivity contribution in [3.63, 3.8) is 0 Å². The lowest BCUT2D eigenvalue weighted by Crippen LogP contribution is -2.14. The number of hydrogen-bond donors (Lipinski definition) is 0. The van der Waals surface area contributed by atoms with Gasteiger partial charge in [0, 0.05) is 11.6 Å². The molecular weight excluding hydrogens is 290 g/mol. The first kappa shape index (κ1) is 14.5. The van der Waals surface area contributed by atoms with Crippen LogP contribution in [0, 0.1) is 17.8 Å². The van der Waals surface area contributed by atoms with Gasteiger partial charge in [0.1, 0.15) is 19.0 Å². The van der Waals surface area contributed by atoms with Crippen molar-refractivity contribution in [1.29, 1.82) is 0 Å². The van der Waals surface area contributed by atoms with Crippen LogP contribution in [0.3, 0.4) is 0 Å². The molecule has 4 nitrogen and oxygen atoms in total. The average molecular weight is 311 g/mol. The van der Waals surface area contributed by atoms with Crippen molar-refractivity contribution in [2.24, 2.45) is 17.8 Å². The highest BCUT2D eigenvalue weighted by molar-refractivity contribution is 5.84. The van der Waals surface area contributed by atoms with Crippen molar-refractivity contribution < 1.29 is 14.3 Å². The quantitative estimate of drug-likeness (QED) is 0.625. The number of pyridine rings is 1. The van der Waals surface area contributed by atoms with E-state index in [0.29, 0.717) is 25.0 Å². The largest absolute Gasteiger partial charge is 0.489 e. The minimum Gasteiger partial charge on any atom is -0.489 e. The van der Waals surface area contributed by atoms with Crippen LogP contribution in [0.4, 0.5) is 0 Å². The second-order valence-electron chi connectivity index (χ2n) is 6.48. The Kier molecular flexibility index (Phi) is 3.90. The van der Waals surface area contributed by atoms with E-state index >= 15 is 0 Å². The van der Waals surface area contributed by atoms with E-state index in [4.69, 9.17) is 9.47 Å². The molecule has 1 aromatic heterocycles. The number of carbonyl (C=O) groups is 1. The molecule has 0 amide bonds. The summed E-state index contributed by atoms with van der Waals surface area (Å²) in [7, 11) is 0. The van der Waals surface area contributed by atoms with Crippen LogP contribution in [0.5, 0.6) is 5.75 Å². The molecule has 0 aliphatic heterocycles. The number of ether oxygens (including phenoxy) is 2. The van der Waals surface area contributed by atoms with Crippen molar-refractivity contribution in [1.82, 2.24) is 4.98 Å². The summed E-state index contributed by atoms with van der Waals surface area (Å²) in [6.07, 6.45) is 6.67. The van der Waals surface area contributed by atoms with E-state index in [1.54, 1.807) is 6.20 Å². The fraction of sp³-hybridized carbons (Fsp3) is 0.474. The molecule has 0 radical (unpaired) electrons. The fourth-order valence-corrected chi connectivity index (χ4v) is 3.93. The zero-order valence-corrected chi connectivity index (χ0v) is 13.1. The maximum Gasteiger partial charge on any atom is 0.309 e. The third kappa shape index (κ3) is 2.90. The summed E-state index contributed by atoms with van der Waals surface area (Å²) >= 11 is 0. The van der Waals surface area contributed by atoms with Crippen LogP contribution < -0.4 is 4.74 Å². The summed E-state index contributed by atoms with van der Waals surface area (Å²) in [4.78, 5) is 16.4. The highest BCUT2D eigenvalue weighted by atomic mass is 16.6. The van der Waals surface area contributed by atoms with Gasteiger partial charge < -0.3 is 9.47 Å². The van der Waals surface area contributed by atoms with Gasteiger partial charge >= 0.3 is 5.97 Å². The van der Waals surface area contributed by atoms with Crippen molar-refractivity contribution in [2.45, 2.75) is 25.7 Å². The Morgan fingerprint density at radius 3 is 2.70 bits per heavy atom. The number of carbonyl (C=O) groups excluding carboxylic acids is 1. The molecule has 1 unspecified atom stereocenters. The predicted octanol–water partition coefficient (Wildman–Crippen LogP) is 3.59. The molecule has 0 bridgehead atoms. The van der Waals surface area contributed by atoms with E-state index < -0.39 is 0 Å². The summed E-state index contributed by atoms with van der Waals surface area (Å²) in [6.45, 7) is 0.688. The van der Waals surface area contributed by atoms with Crippen LogP contribution in [-0.4, -0.2) is 24.2 Å². The Bertz CT molecular complexity index is 697. The Labute approximate surface area is 135 Å². The fourth-order valence-electron chi connectivity index (χ4n) is 3.93. The van der Waals surface area contributed by atoms with E-state index in [9.17, 15) is 4.79 Å². The molecular formula is C19H21NO3. The van der Waals surface area contributed by atoms with Crippen LogP contribution in [0.2, 0.25) is 0 Å². The molecule has 120 valence electrons. The van der Waals surface area contributed by atoms with Crippen LogP contribution >= 0.6 is 0 Å². The number of esters is 1. The maximum atomic E-state index is 12.1. The second kappa shape index (κ2) is 6.19. The van der Waals surface area contributed by atoms with Gasteiger partial charge in [-0.15, -0.1) is 0 Å². The Morgan fingerprint density at radius 2 is 1.87 bits per heavy atom. The van der Waals surface area contributed by atoms with Gasteiger partial charge in [-0.2, -0.15) is 0 Å². The van der Waals surface area contributed by atoms with Gasteiger partial charge in [-0.1, -0.05) is 25.0 Å². The van der Waals surface area contributed by atoms with E-state index in [1.165, 1.54) is 25.7 Å². The number of aromatic nitrogens is 1. The number of para-hydroxylation sites is 1. The molecule has 2 saturated carbocycles. The number of benzene rings is 1. The second-order valence-corrected chi connectivity index (χ2v) is 6.48. The van der Waals surface area contributed by atoms with Crippen molar-refractivity contribution in [3.8, 4) is 5.75 Å². The predicted molar refractivity (Wildman–Crippen MR) is 87.1 cm³/mol. The summed E-state index contributed by atoms with van der Waals surface area (Å²) in [5.74, 6) is 2.12. The first-order valence-corrected chi connectivity index (χ1v) is 8.48. The summed E-state index contributed by atoms with van der Waals surface area (Å²) in [5, 5.41) is 0.981. The molecule has 2 aliphatic rings. The molecule has 23 heavy (non-hydrogen) atoms. The number of fused-ring (bicyclic) bond motifs is 2. The SMILES string of the molecule is O=C(OCCOc1ccnc2ccccc12)C1[C@H]2CCCC[C@@H]12. The topological polar surface area (TPSA) is 48.4 Å². The molecule has 3 atom stereocenters. The monoisotopic (exact) mass is 311 g/mol. The number of nitrogens with zero attached hydrogens (tertiary/aromatic N) is 1. The number of hydrogen-bond acceptors (Lipinski definition) is 4. The highest BCUT2D eigenvalue weighted by Crippen LogP contribution is 2.55. The smallest absolute Gasteiger partial charge is 0.309 e. The van der Waals surface area contributed by atoms with Gasteiger partial charge in [0.2, 0.25) is 0 Å². The van der Waals surface area contributed by atoms with Gasteiger partial charge in [-0.25, -0.2) is 0 Å². The Hall–Kier alpha value is -2.10. The average Bonchev–Trinajstić information content (AvgIpc) is 3.33. The molecule has 0 N–H and O–H groups in total. The maximum absolute atomic E-state index is 12.1. The lowest BCUT2D eigenvalue weighted by molar-refractivity contribution is -0.146. The van der Waals surface area contributed by atoms with E-state index in [1.807, 2.05) is 30.3 Å². The summed E-state index contributed by atoms with van der Waals surface area (Å²) in [6, 6.07) is 9.71. The van der Waals surface area contributed by atoms with Crippen molar-refractivity contribution >= 4 is 16.9 Å². The minimum absolute atomic E-state index is 0.0231. The van der Waals surface area contributed by atoms with Gasteiger partial charge in [0.25, 0.3) is 0 Å². The molecule has 0 spiro atoms. The van der Waals surface area contributed by atoms with Crippen molar-refractivity contribution in [3.05, 3.63) is 36.5 Å². The van der Waals surface area contributed by atoms with E-state index in [0.717, 1.165) is 16.7 Å². The molecule has 4 heteroatoms. The van der Waals surface area contributed by atoms with E-state index in [2.05, 4.69) is 4.98 Å². The molecule has 2 aromatic rings. The Morgan fingerprint density at radius 1 is 1.09 bits per heavy atom. The lowest BCUT2D eigenvalue weighted by Gasteiger charge is -2.09. The van der Waals surface area contributed by atoms with Crippen LogP contribution in [0.15, 0.2) is 36.5 Å². The van der Waals surface area contributed by atoms with Crippen LogP contribution in [0.25, 0.3) is 10.9 Å². The first-order chi connectivity index (χ1) is 11.3. The lowest BCUT2D eigenvalue weighted by atomic mass is 10.0. The van der Waals surface area contributed by atoms with Gasteiger partial charge in [-0.3, -0.25) is 9.78 Å². The highest BCUT2D eigenvalue weighted by Gasteiger charge is 2.55. The van der Waals surface area contributed by atoms with Crippen molar-refractivity contribution in [2.75, 3.05) is 13.2 Å². The first-order valence-electron chi connectivity index (χ1n) is 8.48. The standard InChI is InChI=1S/C19H21NO3/c21-19(18-13-5-1-2-6-14(13)18)23-12-11-22-17-9-10-20-16-8-4-3-7-15(16)17/h3-4,7-10,13-14,18H,1-2,5-6,11-12H2/t13-,14+,18?. The van der Waals surface area contributed by atoms with Gasteiger partial charge in [0.15, 0.2) is 0 Å². The molecule has 2 fully saturated rings. The molecule has 1 heterocycles.